The van der Waals surface area contributed by atoms with Crippen LogP contribution in [0.4, 0.5) is 0 Å². The third-order valence-corrected chi connectivity index (χ3v) is 5.59. The van der Waals surface area contributed by atoms with Gasteiger partial charge >= 0.3 is 0 Å². The zero-order chi connectivity index (χ0) is 22.3. The maximum absolute atomic E-state index is 13.0. The predicted molar refractivity (Wildman–Crippen MR) is 114 cm³/mol. The summed E-state index contributed by atoms with van der Waals surface area (Å²) < 4.78 is 6.94. The number of nitrogens with zero attached hydrogens (tertiary/aromatic N) is 3. The Balaban J connectivity index is 1.93. The number of carbonyl (C=O) groups is 2. The largest absolute Gasteiger partial charge is 0.508 e. The SMILES string of the molecule is COCCN1C(=O)C(=O)/C(=C(/O)c2nc3c(C)cccn3c2C)C1c1ccc(O)cc1. The zero-order valence-electron chi connectivity index (χ0n) is 17.5. The number of pyridine rings is 1. The summed E-state index contributed by atoms with van der Waals surface area (Å²) in [5.41, 5.74) is 3.05. The minimum atomic E-state index is -0.818. The Kier molecular flexibility index (Phi) is 5.24. The number of aliphatic hydroxyl groups is 1. The van der Waals surface area contributed by atoms with Crippen LogP contribution in [0.25, 0.3) is 11.4 Å². The van der Waals surface area contributed by atoms with Gasteiger partial charge in [0.2, 0.25) is 0 Å². The number of rotatable bonds is 5. The van der Waals surface area contributed by atoms with Crippen LogP contribution < -0.4 is 0 Å². The Labute approximate surface area is 179 Å². The second-order valence-corrected chi connectivity index (χ2v) is 7.51. The van der Waals surface area contributed by atoms with Crippen LogP contribution in [-0.4, -0.2) is 56.4 Å². The third-order valence-electron chi connectivity index (χ3n) is 5.59. The van der Waals surface area contributed by atoms with E-state index in [2.05, 4.69) is 4.98 Å². The molecule has 3 aromatic rings. The van der Waals surface area contributed by atoms with Crippen molar-refractivity contribution in [2.24, 2.45) is 0 Å². The summed E-state index contributed by atoms with van der Waals surface area (Å²) in [5.74, 6) is -1.75. The first-order valence-electron chi connectivity index (χ1n) is 9.86. The van der Waals surface area contributed by atoms with E-state index in [-0.39, 0.29) is 35.9 Å². The van der Waals surface area contributed by atoms with Gasteiger partial charge in [0.05, 0.1) is 23.9 Å². The van der Waals surface area contributed by atoms with Crippen LogP contribution >= 0.6 is 0 Å². The highest BCUT2D eigenvalue weighted by molar-refractivity contribution is 6.46. The minimum Gasteiger partial charge on any atom is -0.508 e. The van der Waals surface area contributed by atoms with Gasteiger partial charge in [-0.3, -0.25) is 9.59 Å². The quantitative estimate of drug-likeness (QED) is 0.373. The van der Waals surface area contributed by atoms with Crippen LogP contribution in [0, 0.1) is 13.8 Å². The second-order valence-electron chi connectivity index (χ2n) is 7.51. The monoisotopic (exact) mass is 421 g/mol. The van der Waals surface area contributed by atoms with E-state index in [4.69, 9.17) is 4.74 Å². The van der Waals surface area contributed by atoms with Crippen molar-refractivity contribution in [1.82, 2.24) is 14.3 Å². The van der Waals surface area contributed by atoms with Crippen LogP contribution in [-0.2, 0) is 14.3 Å². The van der Waals surface area contributed by atoms with Gasteiger partial charge in [-0.2, -0.15) is 0 Å². The molecule has 4 rings (SSSR count). The first-order valence-corrected chi connectivity index (χ1v) is 9.86. The molecule has 0 saturated carbocycles. The van der Waals surface area contributed by atoms with E-state index in [0.29, 0.717) is 16.9 Å². The van der Waals surface area contributed by atoms with E-state index in [1.165, 1.54) is 24.1 Å². The number of phenolic OH excluding ortho intramolecular Hbond substituents is 1. The van der Waals surface area contributed by atoms with Crippen LogP contribution in [0.3, 0.4) is 0 Å². The maximum Gasteiger partial charge on any atom is 0.295 e. The number of hydrogen-bond donors (Lipinski definition) is 2. The summed E-state index contributed by atoms with van der Waals surface area (Å²) in [5, 5.41) is 20.9. The Morgan fingerprint density at radius 1 is 1.16 bits per heavy atom. The molecule has 1 aliphatic rings. The van der Waals surface area contributed by atoms with Gasteiger partial charge < -0.3 is 24.3 Å². The van der Waals surface area contributed by atoms with Gasteiger partial charge in [0.25, 0.3) is 11.7 Å². The van der Waals surface area contributed by atoms with Gasteiger partial charge in [0.1, 0.15) is 17.1 Å². The van der Waals surface area contributed by atoms with Gasteiger partial charge in [-0.1, -0.05) is 18.2 Å². The molecule has 1 atom stereocenters. The van der Waals surface area contributed by atoms with Crippen LogP contribution in [0.2, 0.25) is 0 Å². The zero-order valence-corrected chi connectivity index (χ0v) is 17.5. The molecule has 1 amide bonds. The summed E-state index contributed by atoms with van der Waals surface area (Å²) in [6, 6.07) is 9.17. The van der Waals surface area contributed by atoms with Crippen molar-refractivity contribution in [2.75, 3.05) is 20.3 Å². The molecule has 160 valence electrons. The first-order chi connectivity index (χ1) is 14.8. The van der Waals surface area contributed by atoms with Crippen LogP contribution in [0.1, 0.15) is 28.6 Å². The van der Waals surface area contributed by atoms with Gasteiger partial charge in [-0.05, 0) is 43.2 Å². The number of fused-ring (bicyclic) bond motifs is 1. The second kappa shape index (κ2) is 7.88. The molecule has 0 radical (unpaired) electrons. The molecule has 1 unspecified atom stereocenters. The Morgan fingerprint density at radius 3 is 2.52 bits per heavy atom. The highest BCUT2D eigenvalue weighted by Crippen LogP contribution is 2.40. The summed E-state index contributed by atoms with van der Waals surface area (Å²) in [7, 11) is 1.51. The smallest absolute Gasteiger partial charge is 0.295 e. The average molecular weight is 421 g/mol. The Hall–Kier alpha value is -3.65. The maximum atomic E-state index is 13.0. The van der Waals surface area contributed by atoms with E-state index in [0.717, 1.165) is 5.56 Å². The van der Waals surface area contributed by atoms with Crippen molar-refractivity contribution in [1.29, 1.82) is 0 Å². The number of hydrogen-bond acceptors (Lipinski definition) is 6. The topological polar surface area (TPSA) is 104 Å². The molecular formula is C23H23N3O5. The van der Waals surface area contributed by atoms with E-state index < -0.39 is 17.7 Å². The lowest BCUT2D eigenvalue weighted by molar-refractivity contribution is -0.140. The predicted octanol–water partition coefficient (Wildman–Crippen LogP) is 2.72. The number of methoxy groups -OCH3 is 1. The van der Waals surface area contributed by atoms with Crippen LogP contribution in [0.5, 0.6) is 5.75 Å². The fraction of sp³-hybridized carbons (Fsp3) is 0.261. The van der Waals surface area contributed by atoms with E-state index in [9.17, 15) is 19.8 Å². The number of imidazole rings is 1. The number of Topliss-reactive ketones (excluding diaryl/α,β-unsaturated/α-hetero) is 1. The number of aliphatic hydroxyl groups excluding tert-OH is 1. The number of aryl methyl sites for hydroxylation is 2. The highest BCUT2D eigenvalue weighted by Gasteiger charge is 2.46. The van der Waals surface area contributed by atoms with Gasteiger partial charge in [0, 0.05) is 19.9 Å². The summed E-state index contributed by atoms with van der Waals surface area (Å²) in [4.78, 5) is 31.8. The molecule has 31 heavy (non-hydrogen) atoms. The number of carbonyl (C=O) groups excluding carboxylic acids is 2. The molecule has 8 nitrogen and oxygen atoms in total. The number of phenols is 1. The first kappa shape index (κ1) is 20.6. The Bertz CT molecular complexity index is 1210. The molecule has 3 heterocycles. The molecule has 0 aliphatic carbocycles. The molecule has 0 bridgehead atoms. The number of ketones is 1. The molecule has 2 N–H and O–H groups in total. The van der Waals surface area contributed by atoms with E-state index in [1.54, 1.807) is 19.1 Å². The van der Waals surface area contributed by atoms with Crippen molar-refractivity contribution in [3.8, 4) is 5.75 Å². The number of aromatic hydroxyl groups is 1. The fourth-order valence-corrected chi connectivity index (χ4v) is 3.98. The Morgan fingerprint density at radius 2 is 1.87 bits per heavy atom. The lowest BCUT2D eigenvalue weighted by Gasteiger charge is -2.24. The normalized spacial score (nSPS) is 18.3. The molecular weight excluding hydrogens is 398 g/mol. The number of likely N-dealkylation sites (tertiary alicyclic amines) is 1. The molecule has 1 saturated heterocycles. The lowest BCUT2D eigenvalue weighted by Crippen LogP contribution is -2.32. The average Bonchev–Trinajstić information content (AvgIpc) is 3.22. The van der Waals surface area contributed by atoms with Crippen molar-refractivity contribution < 1.29 is 24.5 Å². The third kappa shape index (κ3) is 3.34. The highest BCUT2D eigenvalue weighted by atomic mass is 16.5. The van der Waals surface area contributed by atoms with E-state index >= 15 is 0 Å². The van der Waals surface area contributed by atoms with Crippen molar-refractivity contribution >= 4 is 23.1 Å². The summed E-state index contributed by atoms with van der Waals surface area (Å²) >= 11 is 0. The van der Waals surface area contributed by atoms with E-state index in [1.807, 2.05) is 29.7 Å². The number of aromatic nitrogens is 2. The molecule has 1 aliphatic heterocycles. The van der Waals surface area contributed by atoms with Gasteiger partial charge in [0.15, 0.2) is 5.76 Å². The molecule has 8 heteroatoms. The molecule has 1 fully saturated rings. The summed E-state index contributed by atoms with van der Waals surface area (Å²) in [6.07, 6.45) is 1.83. The van der Waals surface area contributed by atoms with Crippen molar-refractivity contribution in [2.45, 2.75) is 19.9 Å². The van der Waals surface area contributed by atoms with Gasteiger partial charge in [-0.25, -0.2) is 4.98 Å². The van der Waals surface area contributed by atoms with Crippen LogP contribution in [0.15, 0.2) is 48.2 Å². The lowest BCUT2D eigenvalue weighted by atomic mass is 9.96. The number of benzene rings is 1. The summed E-state index contributed by atoms with van der Waals surface area (Å²) in [6.45, 7) is 4.11. The fourth-order valence-electron chi connectivity index (χ4n) is 3.98. The standard InChI is InChI=1S/C23H23N3O5/c1-13-5-4-10-25-14(2)18(24-22(13)25)20(28)17-19(15-6-8-16(27)9-7-15)26(11-12-31-3)23(30)21(17)29/h4-10,19,27-28H,11-12H2,1-3H3/b20-17+. The number of amides is 1. The molecule has 2 aromatic heterocycles. The van der Waals surface area contributed by atoms with Gasteiger partial charge in [-0.15, -0.1) is 0 Å². The molecule has 1 aromatic carbocycles. The minimum absolute atomic E-state index is 0.0315. The van der Waals surface area contributed by atoms with Crippen molar-refractivity contribution in [3.05, 3.63) is 70.7 Å². The molecule has 0 spiro atoms. The number of ether oxygens (including phenoxy) is 1. The van der Waals surface area contributed by atoms with Crippen molar-refractivity contribution in [3.63, 3.8) is 0 Å².